The summed E-state index contributed by atoms with van der Waals surface area (Å²) in [5, 5.41) is 0. The van der Waals surface area contributed by atoms with Crippen molar-refractivity contribution in [1.82, 2.24) is 9.21 Å². The summed E-state index contributed by atoms with van der Waals surface area (Å²) in [6.07, 6.45) is 0.958. The van der Waals surface area contributed by atoms with E-state index in [1.807, 2.05) is 0 Å². The van der Waals surface area contributed by atoms with Crippen molar-refractivity contribution in [3.8, 4) is 5.75 Å². The van der Waals surface area contributed by atoms with Crippen LogP contribution in [0.25, 0.3) is 0 Å². The first-order valence-corrected chi connectivity index (χ1v) is 12.7. The van der Waals surface area contributed by atoms with Gasteiger partial charge in [-0.05, 0) is 31.5 Å². The van der Waals surface area contributed by atoms with Crippen molar-refractivity contribution in [3.05, 3.63) is 24.3 Å². The highest BCUT2D eigenvalue weighted by Crippen LogP contribution is 2.30. The molecule has 0 spiro atoms. The number of para-hydroxylation sites is 1. The van der Waals surface area contributed by atoms with Crippen LogP contribution in [0.15, 0.2) is 29.2 Å². The molecule has 1 unspecified atom stereocenters. The number of nitrogens with zero attached hydrogens (tertiary/aromatic N) is 2. The Balaban J connectivity index is 1.80. The molecular weight excluding hydrogens is 404 g/mol. The Bertz CT molecular complexity index is 866. The molecule has 0 amide bonds. The number of ether oxygens (including phenoxy) is 2. The first-order chi connectivity index (χ1) is 13.3. The van der Waals surface area contributed by atoms with Crippen LogP contribution in [0.2, 0.25) is 0 Å². The minimum Gasteiger partial charge on any atom is -0.495 e. The summed E-state index contributed by atoms with van der Waals surface area (Å²) in [4.78, 5) is 2.32. The second kappa shape index (κ2) is 9.08. The summed E-state index contributed by atoms with van der Waals surface area (Å²) in [5.41, 5.74) is 0. The highest BCUT2D eigenvalue weighted by molar-refractivity contribution is 7.92. The third-order valence-corrected chi connectivity index (χ3v) is 8.97. The average molecular weight is 433 g/mol. The standard InChI is InChI=1S/C18H28N2O6S2/c1-25-17-5-2-3-6-18(17)28(23,24)20(16-7-14-27(21,22)15-16)9-4-8-19-10-12-26-13-11-19/h2-3,5-6,16H,4,7-15H2,1H3. The largest absolute Gasteiger partial charge is 0.495 e. The van der Waals surface area contributed by atoms with E-state index in [2.05, 4.69) is 4.90 Å². The lowest BCUT2D eigenvalue weighted by molar-refractivity contribution is 0.0367. The second-order valence-electron chi connectivity index (χ2n) is 7.13. The van der Waals surface area contributed by atoms with Crippen molar-refractivity contribution in [3.63, 3.8) is 0 Å². The highest BCUT2D eigenvalue weighted by atomic mass is 32.2. The van der Waals surface area contributed by atoms with Crippen LogP contribution < -0.4 is 4.74 Å². The number of benzene rings is 1. The van der Waals surface area contributed by atoms with E-state index in [0.717, 1.165) is 19.6 Å². The summed E-state index contributed by atoms with van der Waals surface area (Å²) >= 11 is 0. The van der Waals surface area contributed by atoms with Gasteiger partial charge in [-0.1, -0.05) is 12.1 Å². The van der Waals surface area contributed by atoms with Gasteiger partial charge in [0.1, 0.15) is 10.6 Å². The maximum Gasteiger partial charge on any atom is 0.247 e. The van der Waals surface area contributed by atoms with Gasteiger partial charge in [0.2, 0.25) is 10.0 Å². The first kappa shape index (κ1) is 21.5. The second-order valence-corrected chi connectivity index (χ2v) is 11.2. The molecule has 2 aliphatic rings. The van der Waals surface area contributed by atoms with Crippen molar-refractivity contribution < 1.29 is 26.3 Å². The van der Waals surface area contributed by atoms with Crippen molar-refractivity contribution in [2.24, 2.45) is 0 Å². The Kier molecular flexibility index (Phi) is 6.98. The van der Waals surface area contributed by atoms with Gasteiger partial charge in [0.15, 0.2) is 9.84 Å². The van der Waals surface area contributed by atoms with Gasteiger partial charge in [-0.25, -0.2) is 16.8 Å². The number of methoxy groups -OCH3 is 1. The maximum absolute atomic E-state index is 13.4. The minimum absolute atomic E-state index is 0.0269. The maximum atomic E-state index is 13.4. The molecule has 2 saturated heterocycles. The molecule has 158 valence electrons. The van der Waals surface area contributed by atoms with Crippen molar-refractivity contribution in [2.75, 3.05) is 58.0 Å². The number of morpholine rings is 1. The minimum atomic E-state index is -3.88. The van der Waals surface area contributed by atoms with Crippen molar-refractivity contribution >= 4 is 19.9 Å². The first-order valence-electron chi connectivity index (χ1n) is 9.49. The molecule has 2 heterocycles. The van der Waals surface area contributed by atoms with Gasteiger partial charge in [-0.3, -0.25) is 4.90 Å². The molecule has 3 rings (SSSR count). The molecule has 10 heteroatoms. The van der Waals surface area contributed by atoms with E-state index in [-0.39, 0.29) is 28.7 Å². The third kappa shape index (κ3) is 5.04. The Labute approximate surface area is 167 Å². The number of rotatable bonds is 8. The fraction of sp³-hybridized carbons (Fsp3) is 0.667. The van der Waals surface area contributed by atoms with Crippen LogP contribution in [0, 0.1) is 0 Å². The Morgan fingerprint density at radius 3 is 2.61 bits per heavy atom. The van der Waals surface area contributed by atoms with Gasteiger partial charge >= 0.3 is 0 Å². The van der Waals surface area contributed by atoms with Gasteiger partial charge in [0.05, 0.1) is 31.8 Å². The molecule has 8 nitrogen and oxygen atoms in total. The van der Waals surface area contributed by atoms with Gasteiger partial charge in [0.25, 0.3) is 0 Å². The van der Waals surface area contributed by atoms with E-state index in [0.29, 0.717) is 26.1 Å². The molecule has 0 aliphatic carbocycles. The lowest BCUT2D eigenvalue weighted by Crippen LogP contribution is -2.43. The van der Waals surface area contributed by atoms with E-state index in [4.69, 9.17) is 9.47 Å². The van der Waals surface area contributed by atoms with Crippen LogP contribution in [0.1, 0.15) is 12.8 Å². The van der Waals surface area contributed by atoms with Gasteiger partial charge in [-0.15, -0.1) is 0 Å². The predicted molar refractivity (Wildman–Crippen MR) is 106 cm³/mol. The topological polar surface area (TPSA) is 93.2 Å². The summed E-state index contributed by atoms with van der Waals surface area (Å²) in [6, 6.07) is 5.93. The molecule has 0 bridgehead atoms. The normalized spacial score (nSPS) is 23.1. The van der Waals surface area contributed by atoms with Crippen LogP contribution >= 0.6 is 0 Å². The van der Waals surface area contributed by atoms with Crippen molar-refractivity contribution in [2.45, 2.75) is 23.8 Å². The van der Waals surface area contributed by atoms with Crippen LogP contribution in [0.3, 0.4) is 0 Å². The van der Waals surface area contributed by atoms with E-state index < -0.39 is 25.9 Å². The molecule has 2 aliphatic heterocycles. The zero-order valence-corrected chi connectivity index (χ0v) is 17.8. The SMILES string of the molecule is COc1ccccc1S(=O)(=O)N(CCCN1CCOCC1)C1CCS(=O)(=O)C1. The Morgan fingerprint density at radius 1 is 1.25 bits per heavy atom. The molecule has 28 heavy (non-hydrogen) atoms. The monoisotopic (exact) mass is 432 g/mol. The Morgan fingerprint density at radius 2 is 1.96 bits per heavy atom. The van der Waals surface area contributed by atoms with Crippen LogP contribution in [0.5, 0.6) is 5.75 Å². The van der Waals surface area contributed by atoms with Crippen LogP contribution in [-0.4, -0.2) is 90.1 Å². The van der Waals surface area contributed by atoms with Gasteiger partial charge < -0.3 is 9.47 Å². The van der Waals surface area contributed by atoms with Gasteiger partial charge in [0, 0.05) is 25.7 Å². The lowest BCUT2D eigenvalue weighted by Gasteiger charge is -2.30. The summed E-state index contributed by atoms with van der Waals surface area (Å²) < 4.78 is 62.7. The smallest absolute Gasteiger partial charge is 0.247 e. The molecule has 1 aromatic rings. The molecule has 0 N–H and O–H groups in total. The van der Waals surface area contributed by atoms with Crippen molar-refractivity contribution in [1.29, 1.82) is 0 Å². The van der Waals surface area contributed by atoms with E-state index >= 15 is 0 Å². The zero-order chi connectivity index (χ0) is 20.2. The molecule has 0 aromatic heterocycles. The number of hydrogen-bond acceptors (Lipinski definition) is 7. The predicted octanol–water partition coefficient (Wildman–Crippen LogP) is 0.595. The van der Waals surface area contributed by atoms with E-state index in [1.165, 1.54) is 17.5 Å². The molecular formula is C18H28N2O6S2. The molecule has 0 radical (unpaired) electrons. The van der Waals surface area contributed by atoms with Gasteiger partial charge in [-0.2, -0.15) is 4.31 Å². The number of sulfonamides is 1. The molecule has 1 aromatic carbocycles. The zero-order valence-electron chi connectivity index (χ0n) is 16.1. The average Bonchev–Trinajstić information content (AvgIpc) is 3.05. The molecule has 2 fully saturated rings. The summed E-state index contributed by atoms with van der Waals surface area (Å²) in [5.74, 6) is 0.166. The quantitative estimate of drug-likeness (QED) is 0.594. The van der Waals surface area contributed by atoms with Crippen LogP contribution in [0.4, 0.5) is 0 Å². The summed E-state index contributed by atoms with van der Waals surface area (Å²) in [6.45, 7) is 4.06. The Hall–Kier alpha value is -1.20. The fourth-order valence-corrected chi connectivity index (χ4v) is 7.41. The molecule has 0 saturated carbocycles. The van der Waals surface area contributed by atoms with Crippen LogP contribution in [-0.2, 0) is 24.6 Å². The summed E-state index contributed by atoms with van der Waals surface area (Å²) in [7, 11) is -5.66. The highest BCUT2D eigenvalue weighted by Gasteiger charge is 2.39. The molecule has 1 atom stereocenters. The van der Waals surface area contributed by atoms with E-state index in [9.17, 15) is 16.8 Å². The van der Waals surface area contributed by atoms with E-state index in [1.54, 1.807) is 18.2 Å². The third-order valence-electron chi connectivity index (χ3n) is 5.23. The number of hydrogen-bond donors (Lipinski definition) is 0. The fourth-order valence-electron chi connectivity index (χ4n) is 3.73. The number of sulfone groups is 1. The lowest BCUT2D eigenvalue weighted by atomic mass is 10.2.